The molecule has 9 heavy (non-hydrogen) atoms. The number of isothiocyanates is 1. The minimum atomic E-state index is -1.08. The third-order valence-electron chi connectivity index (χ3n) is 0. The summed E-state index contributed by atoms with van der Waals surface area (Å²) in [6.45, 7) is 0.972. The van der Waals surface area contributed by atoms with E-state index in [9.17, 15) is 0 Å². The first-order valence-corrected chi connectivity index (χ1v) is 1.74. The molecule has 0 amide bonds. The summed E-state index contributed by atoms with van der Waals surface area (Å²) >= 11 is 3.70. The van der Waals surface area contributed by atoms with E-state index in [4.69, 9.17) is 15.3 Å². The molecule has 0 aromatic heterocycles. The first kappa shape index (κ1) is 22.9. The molecule has 0 spiro atoms. The van der Waals surface area contributed by atoms with Crippen molar-refractivity contribution in [2.75, 3.05) is 0 Å². The van der Waals surface area contributed by atoms with Gasteiger partial charge >= 0.3 is 29.6 Å². The van der Waals surface area contributed by atoms with Crippen LogP contribution in [0.25, 0.3) is 5.41 Å². The standard InChI is InChI=1S/C2H4O2.CNS.H3N.Na/c1-2(3)4;2-1-3;;/h1H3,(H,3,4);;1H3;/q;-1;;+1. The molecular weight excluding hydrogens is 151 g/mol. The van der Waals surface area contributed by atoms with Gasteiger partial charge in [-0.2, -0.15) is 5.16 Å². The van der Waals surface area contributed by atoms with Gasteiger partial charge in [-0.15, -0.1) is 0 Å². The van der Waals surface area contributed by atoms with Gasteiger partial charge in [0.15, 0.2) is 0 Å². The van der Waals surface area contributed by atoms with Gasteiger partial charge in [-0.05, 0) is 6.92 Å². The normalized spacial score (nSPS) is 3.67. The Bertz CT molecular complexity index is 87.8. The average Bonchev–Trinajstić information content (AvgIpc) is 1.33. The van der Waals surface area contributed by atoms with Crippen LogP contribution in [0.15, 0.2) is 0 Å². The Kier molecular flexibility index (Phi) is 61.1. The van der Waals surface area contributed by atoms with Gasteiger partial charge in [-0.25, -0.2) is 0 Å². The van der Waals surface area contributed by atoms with Crippen LogP contribution in [0.4, 0.5) is 0 Å². The first-order chi connectivity index (χ1) is 3.15. The number of carboxylic acid groups (broad SMARTS) is 1. The van der Waals surface area contributed by atoms with E-state index in [1.807, 2.05) is 0 Å². The van der Waals surface area contributed by atoms with Crippen molar-refractivity contribution in [3.05, 3.63) is 5.41 Å². The number of nitrogens with zero attached hydrogens (tertiary/aromatic N) is 1. The van der Waals surface area contributed by atoms with E-state index >= 15 is 0 Å². The summed E-state index contributed by atoms with van der Waals surface area (Å²) in [5, 5.41) is 17.4. The van der Waals surface area contributed by atoms with Gasteiger partial charge in [-0.1, -0.05) is 12.2 Å². The fourth-order valence-corrected chi connectivity index (χ4v) is 0. The Hall–Kier alpha value is 0.230. The molecule has 0 radical (unpaired) electrons. The van der Waals surface area contributed by atoms with Crippen molar-refractivity contribution in [2.24, 2.45) is 0 Å². The molecule has 0 saturated carbocycles. The maximum absolute atomic E-state index is 8.89. The predicted octanol–water partition coefficient (Wildman–Crippen LogP) is -3.20. The van der Waals surface area contributed by atoms with E-state index in [1.165, 1.54) is 5.16 Å². The Morgan fingerprint density at radius 1 is 1.78 bits per heavy atom. The zero-order valence-electron chi connectivity index (χ0n) is 5.67. The fourth-order valence-electron chi connectivity index (χ4n) is 0. The number of thiocarbonyl (C=S) groups is 1. The van der Waals surface area contributed by atoms with Gasteiger partial charge in [0, 0.05) is 5.97 Å². The van der Waals surface area contributed by atoms with Crippen LogP contribution in [0.3, 0.4) is 0 Å². The van der Waals surface area contributed by atoms with E-state index in [-0.39, 0.29) is 35.7 Å². The van der Waals surface area contributed by atoms with Gasteiger partial charge in [0.05, 0.1) is 0 Å². The smallest absolute Gasteiger partial charge is 0.753 e. The van der Waals surface area contributed by atoms with Crippen molar-refractivity contribution in [3.63, 3.8) is 0 Å². The molecular formula is C3H7N2NaO2S. The van der Waals surface area contributed by atoms with Crippen molar-refractivity contribution in [1.82, 2.24) is 6.15 Å². The number of carboxylic acids is 1. The van der Waals surface area contributed by atoms with Crippen molar-refractivity contribution >= 4 is 23.3 Å². The molecule has 0 bridgehead atoms. The summed E-state index contributed by atoms with van der Waals surface area (Å²) in [4.78, 5) is 8.89. The molecule has 4 N–H and O–H groups in total. The van der Waals surface area contributed by atoms with Gasteiger partial charge in [0.25, 0.3) is 0 Å². The molecule has 0 saturated heterocycles. The number of hydrogen-bond acceptors (Lipinski definition) is 3. The molecule has 4 nitrogen and oxygen atoms in total. The minimum absolute atomic E-state index is 0. The number of hydrogen-bond donors (Lipinski definition) is 1. The molecule has 0 fully saturated rings. The molecule has 6 heteroatoms. The summed E-state index contributed by atoms with van der Waals surface area (Å²) in [7, 11) is 0. The van der Waals surface area contributed by atoms with E-state index in [0.29, 0.717) is 0 Å². The summed E-state index contributed by atoms with van der Waals surface area (Å²) in [5.41, 5.74) is 0. The Morgan fingerprint density at radius 3 is 1.78 bits per heavy atom. The largest absolute Gasteiger partial charge is 1.00 e. The van der Waals surface area contributed by atoms with Gasteiger partial charge < -0.3 is 21.5 Å². The van der Waals surface area contributed by atoms with E-state index in [2.05, 4.69) is 12.2 Å². The third kappa shape index (κ3) is 6040. The average molecular weight is 158 g/mol. The van der Waals surface area contributed by atoms with Crippen molar-refractivity contribution in [2.45, 2.75) is 6.92 Å². The maximum Gasteiger partial charge on any atom is 1.00 e. The van der Waals surface area contributed by atoms with Crippen LogP contribution in [-0.2, 0) is 4.79 Å². The summed E-state index contributed by atoms with van der Waals surface area (Å²) in [6.07, 6.45) is 0. The van der Waals surface area contributed by atoms with Crippen LogP contribution in [0.2, 0.25) is 0 Å². The monoisotopic (exact) mass is 158 g/mol. The molecule has 0 rings (SSSR count). The summed E-state index contributed by atoms with van der Waals surface area (Å²) < 4.78 is 0. The number of carbonyl (C=O) groups is 1. The van der Waals surface area contributed by atoms with Crippen LogP contribution >= 0.6 is 12.2 Å². The topological polar surface area (TPSA) is 98.9 Å². The van der Waals surface area contributed by atoms with Crippen LogP contribution in [0.1, 0.15) is 6.92 Å². The zero-order chi connectivity index (χ0) is 6.28. The SMILES string of the molecule is CC(=O)[O-].[N-]=C=S.[NH4+].[Na+]. The molecule has 48 valence electrons. The first-order valence-electron chi connectivity index (χ1n) is 1.34. The Morgan fingerprint density at radius 2 is 1.78 bits per heavy atom. The van der Waals surface area contributed by atoms with Gasteiger partial charge in [0.2, 0.25) is 0 Å². The molecule has 0 aliphatic rings. The van der Waals surface area contributed by atoms with Gasteiger partial charge in [-0.3, -0.25) is 0 Å². The van der Waals surface area contributed by atoms with Crippen LogP contribution in [-0.4, -0.2) is 11.1 Å². The van der Waals surface area contributed by atoms with Gasteiger partial charge in [0.1, 0.15) is 0 Å². The number of quaternary nitrogens is 1. The zero-order valence-corrected chi connectivity index (χ0v) is 8.49. The molecule has 0 unspecified atom stereocenters. The molecule has 0 atom stereocenters. The number of rotatable bonds is 0. The maximum atomic E-state index is 8.89. The molecule has 0 aliphatic heterocycles. The second-order valence-electron chi connectivity index (χ2n) is 0.583. The van der Waals surface area contributed by atoms with E-state index < -0.39 is 5.97 Å². The second-order valence-corrected chi connectivity index (χ2v) is 0.765. The molecule has 0 heterocycles. The number of carbonyl (C=O) groups excluding carboxylic acids is 1. The van der Waals surface area contributed by atoms with E-state index in [0.717, 1.165) is 6.92 Å². The predicted molar refractivity (Wildman–Crippen MR) is 32.6 cm³/mol. The van der Waals surface area contributed by atoms with Crippen molar-refractivity contribution in [3.8, 4) is 0 Å². The molecule has 0 aromatic rings. The third-order valence-corrected chi connectivity index (χ3v) is 0. The minimum Gasteiger partial charge on any atom is -0.753 e. The fraction of sp³-hybridized carbons (Fsp3) is 0.333. The second kappa shape index (κ2) is 24.0. The molecule has 0 aromatic carbocycles. The Balaban J connectivity index is -0.0000000233. The molecule has 0 aliphatic carbocycles. The number of aliphatic carboxylic acids is 1. The summed E-state index contributed by atoms with van der Waals surface area (Å²) in [5.74, 6) is -1.08. The van der Waals surface area contributed by atoms with Crippen LogP contribution in [0, 0.1) is 0 Å². The van der Waals surface area contributed by atoms with Crippen molar-refractivity contribution < 1.29 is 39.5 Å². The van der Waals surface area contributed by atoms with E-state index in [1.54, 1.807) is 0 Å². The quantitative estimate of drug-likeness (QED) is 0.228. The van der Waals surface area contributed by atoms with Crippen LogP contribution < -0.4 is 40.8 Å². The van der Waals surface area contributed by atoms with Crippen molar-refractivity contribution in [1.29, 1.82) is 0 Å². The summed E-state index contributed by atoms with van der Waals surface area (Å²) in [6, 6.07) is 0. The Labute approximate surface area is 81.0 Å². The van der Waals surface area contributed by atoms with Crippen LogP contribution in [0.5, 0.6) is 0 Å².